The van der Waals surface area contributed by atoms with Crippen molar-refractivity contribution in [1.82, 2.24) is 5.32 Å². The van der Waals surface area contributed by atoms with Crippen LogP contribution >= 0.6 is 0 Å². The highest BCUT2D eigenvalue weighted by Gasteiger charge is 2.26. The van der Waals surface area contributed by atoms with E-state index in [9.17, 15) is 19.2 Å². The van der Waals surface area contributed by atoms with Gasteiger partial charge in [-0.1, -0.05) is 6.07 Å². The lowest BCUT2D eigenvalue weighted by Crippen LogP contribution is -2.32. The first kappa shape index (κ1) is 24.3. The number of hydrogen-bond donors (Lipinski definition) is 3. The van der Waals surface area contributed by atoms with Crippen LogP contribution in [0.4, 0.5) is 4.39 Å². The Morgan fingerprint density at radius 2 is 1.83 bits per heavy atom. The molecule has 7 nitrogen and oxygen atoms in total. The molecule has 9 heteroatoms. The minimum absolute atomic E-state index is 0.112. The monoisotopic (exact) mass is 477 g/mol. The average Bonchev–Trinajstić information content (AvgIpc) is 3.43. The van der Waals surface area contributed by atoms with Crippen molar-refractivity contribution in [2.45, 2.75) is 13.3 Å². The first-order valence-corrected chi connectivity index (χ1v) is 11.0. The van der Waals surface area contributed by atoms with Crippen molar-refractivity contribution in [2.24, 2.45) is 0 Å². The van der Waals surface area contributed by atoms with Crippen LogP contribution in [0.2, 0.25) is 0 Å². The van der Waals surface area contributed by atoms with Crippen molar-refractivity contribution >= 4 is 35.7 Å². The van der Waals surface area contributed by atoms with Crippen molar-refractivity contribution < 1.29 is 33.1 Å². The molecule has 1 amide bonds. The lowest BCUT2D eigenvalue weighted by molar-refractivity contribution is -0.120. The van der Waals surface area contributed by atoms with E-state index in [4.69, 9.17) is 13.9 Å². The molecular formula is C26H25BFNO6. The Kier molecular flexibility index (Phi) is 7.09. The summed E-state index contributed by atoms with van der Waals surface area (Å²) in [6, 6.07) is 11.4. The number of allylic oxidation sites excluding steroid dienone is 2. The summed E-state index contributed by atoms with van der Waals surface area (Å²) >= 11 is 0. The highest BCUT2D eigenvalue weighted by molar-refractivity contribution is 6.61. The molecular weight excluding hydrogens is 452 g/mol. The van der Waals surface area contributed by atoms with E-state index in [1.165, 1.54) is 32.6 Å². The molecule has 1 aromatic heterocycles. The molecule has 1 aliphatic carbocycles. The molecule has 0 aliphatic heterocycles. The standard InChI is InChI=1S/C26H25BFNO6/c1-15-20(9-16-10-23(33-2)26(27(31)32)24(11-16)34-3)19-7-6-17(28)12-21(19)22(15)14-29-25(30)13-18-5-4-8-35-18/h4-12,31-32H,13-14H2,1-3H3,(H,29,30)/b20-9-. The van der Waals surface area contributed by atoms with Gasteiger partial charge in [-0.15, -0.1) is 0 Å². The van der Waals surface area contributed by atoms with E-state index in [1.54, 1.807) is 30.3 Å². The zero-order valence-corrected chi connectivity index (χ0v) is 19.6. The zero-order valence-electron chi connectivity index (χ0n) is 19.6. The van der Waals surface area contributed by atoms with Gasteiger partial charge >= 0.3 is 7.12 Å². The van der Waals surface area contributed by atoms with Crippen LogP contribution in [0.1, 0.15) is 29.4 Å². The molecule has 4 rings (SSSR count). The number of hydrogen-bond acceptors (Lipinski definition) is 6. The summed E-state index contributed by atoms with van der Waals surface area (Å²) < 4.78 is 30.1. The lowest BCUT2D eigenvalue weighted by Gasteiger charge is -2.14. The first-order chi connectivity index (χ1) is 16.8. The number of ether oxygens (including phenoxy) is 2. The minimum atomic E-state index is -1.77. The molecule has 180 valence electrons. The summed E-state index contributed by atoms with van der Waals surface area (Å²) in [5.74, 6) is 0.502. The van der Waals surface area contributed by atoms with E-state index in [0.29, 0.717) is 16.9 Å². The maximum Gasteiger partial charge on any atom is 0.496 e. The van der Waals surface area contributed by atoms with E-state index in [-0.39, 0.29) is 41.7 Å². The second kappa shape index (κ2) is 10.2. The van der Waals surface area contributed by atoms with Crippen LogP contribution in [0.25, 0.3) is 17.2 Å². The number of fused-ring (bicyclic) bond motifs is 1. The van der Waals surface area contributed by atoms with Gasteiger partial charge in [-0.25, -0.2) is 4.39 Å². The van der Waals surface area contributed by atoms with Gasteiger partial charge in [0.05, 0.1) is 32.4 Å². The van der Waals surface area contributed by atoms with Crippen LogP contribution in [0.15, 0.2) is 58.7 Å². The minimum Gasteiger partial charge on any atom is -0.497 e. The van der Waals surface area contributed by atoms with Crippen molar-refractivity contribution in [3.8, 4) is 11.5 Å². The number of benzene rings is 2. The zero-order chi connectivity index (χ0) is 25.1. The molecule has 3 aromatic rings. The van der Waals surface area contributed by atoms with E-state index >= 15 is 0 Å². The van der Waals surface area contributed by atoms with Gasteiger partial charge in [0, 0.05) is 6.54 Å². The third kappa shape index (κ3) is 5.01. The largest absolute Gasteiger partial charge is 0.497 e. The molecule has 0 atom stereocenters. The SMILES string of the molecule is COc1cc(/C=C2/C(C)=C(CNC(=O)Cc3ccco3)c3cc(F)ccc32)cc(OC)c1B(O)O. The number of halogens is 1. The number of rotatable bonds is 8. The van der Waals surface area contributed by atoms with Gasteiger partial charge in [-0.2, -0.15) is 0 Å². The van der Waals surface area contributed by atoms with E-state index in [0.717, 1.165) is 22.3 Å². The smallest absolute Gasteiger partial charge is 0.496 e. The Labute approximate surface area is 202 Å². The predicted octanol–water partition coefficient (Wildman–Crippen LogP) is 2.80. The fourth-order valence-electron chi connectivity index (χ4n) is 4.27. The van der Waals surface area contributed by atoms with E-state index in [2.05, 4.69) is 5.32 Å². The second-order valence-corrected chi connectivity index (χ2v) is 8.10. The normalized spacial score (nSPS) is 13.7. The van der Waals surface area contributed by atoms with Gasteiger partial charge in [0.25, 0.3) is 0 Å². The summed E-state index contributed by atoms with van der Waals surface area (Å²) in [5.41, 5.74) is 4.87. The van der Waals surface area contributed by atoms with Crippen LogP contribution in [0.5, 0.6) is 11.5 Å². The van der Waals surface area contributed by atoms with Crippen LogP contribution in [0, 0.1) is 5.82 Å². The first-order valence-electron chi connectivity index (χ1n) is 11.0. The number of nitrogens with one attached hydrogen (secondary N) is 1. The molecule has 0 saturated heterocycles. The third-order valence-electron chi connectivity index (χ3n) is 5.97. The summed E-state index contributed by atoms with van der Waals surface area (Å²) in [4.78, 5) is 12.4. The van der Waals surface area contributed by atoms with Gasteiger partial charge in [0.2, 0.25) is 5.91 Å². The van der Waals surface area contributed by atoms with Crippen molar-refractivity contribution in [3.63, 3.8) is 0 Å². The van der Waals surface area contributed by atoms with Crippen molar-refractivity contribution in [3.05, 3.63) is 82.6 Å². The molecule has 0 bridgehead atoms. The summed E-state index contributed by atoms with van der Waals surface area (Å²) in [6.45, 7) is 2.14. The number of carbonyl (C=O) groups excluding carboxylic acids is 1. The molecule has 2 aromatic carbocycles. The van der Waals surface area contributed by atoms with Crippen LogP contribution in [0.3, 0.4) is 0 Å². The van der Waals surface area contributed by atoms with Gasteiger partial charge in [0.1, 0.15) is 23.1 Å². The number of amides is 1. The third-order valence-corrected chi connectivity index (χ3v) is 5.97. The van der Waals surface area contributed by atoms with Gasteiger partial charge in [-0.05, 0) is 82.8 Å². The molecule has 0 saturated carbocycles. The summed E-state index contributed by atoms with van der Waals surface area (Å²) in [7, 11) is 1.09. The Morgan fingerprint density at radius 3 is 2.43 bits per heavy atom. The van der Waals surface area contributed by atoms with E-state index < -0.39 is 7.12 Å². The predicted molar refractivity (Wildman–Crippen MR) is 132 cm³/mol. The van der Waals surface area contributed by atoms with Gasteiger partial charge in [-0.3, -0.25) is 4.79 Å². The fraction of sp³-hybridized carbons (Fsp3) is 0.192. The Balaban J connectivity index is 1.71. The van der Waals surface area contributed by atoms with E-state index in [1.807, 2.05) is 13.0 Å². The Hall–Kier alpha value is -3.82. The molecule has 0 spiro atoms. The molecule has 1 heterocycles. The highest BCUT2D eigenvalue weighted by atomic mass is 19.1. The van der Waals surface area contributed by atoms with Crippen LogP contribution < -0.4 is 20.3 Å². The van der Waals surface area contributed by atoms with Crippen molar-refractivity contribution in [2.75, 3.05) is 20.8 Å². The highest BCUT2D eigenvalue weighted by Crippen LogP contribution is 2.42. The molecule has 0 radical (unpaired) electrons. The number of carbonyl (C=O) groups is 1. The summed E-state index contributed by atoms with van der Waals surface area (Å²) in [6.07, 6.45) is 3.52. The molecule has 0 fully saturated rings. The summed E-state index contributed by atoms with van der Waals surface area (Å²) in [5, 5.41) is 22.4. The maximum atomic E-state index is 14.2. The van der Waals surface area contributed by atoms with Crippen LogP contribution in [-0.4, -0.2) is 43.8 Å². The fourth-order valence-corrected chi connectivity index (χ4v) is 4.27. The Morgan fingerprint density at radius 1 is 1.11 bits per heavy atom. The van der Waals surface area contributed by atoms with Crippen LogP contribution in [-0.2, 0) is 11.2 Å². The number of furan rings is 1. The van der Waals surface area contributed by atoms with Gasteiger partial charge < -0.3 is 29.3 Å². The molecule has 0 unspecified atom stereocenters. The van der Waals surface area contributed by atoms with Gasteiger partial charge in [0.15, 0.2) is 0 Å². The molecule has 3 N–H and O–H groups in total. The molecule has 35 heavy (non-hydrogen) atoms. The second-order valence-electron chi connectivity index (χ2n) is 8.10. The molecule has 1 aliphatic rings. The topological polar surface area (TPSA) is 101 Å². The van der Waals surface area contributed by atoms with Crippen molar-refractivity contribution in [1.29, 1.82) is 0 Å². The average molecular weight is 477 g/mol. The maximum absolute atomic E-state index is 14.2. The lowest BCUT2D eigenvalue weighted by atomic mass is 9.78. The Bertz CT molecular complexity index is 1290. The quantitative estimate of drug-likeness (QED) is 0.432. The number of methoxy groups -OCH3 is 2.